The lowest BCUT2D eigenvalue weighted by molar-refractivity contribution is 0.932. The van der Waals surface area contributed by atoms with Crippen molar-refractivity contribution in [1.29, 1.82) is 0 Å². The predicted molar refractivity (Wildman–Crippen MR) is 64.5 cm³/mol. The summed E-state index contributed by atoms with van der Waals surface area (Å²) in [5, 5.41) is 1.29. The molecule has 1 heterocycles. The number of hydrogen-bond acceptors (Lipinski definition) is 1. The van der Waals surface area contributed by atoms with Gasteiger partial charge in [0, 0.05) is 12.6 Å². The van der Waals surface area contributed by atoms with Crippen LogP contribution in [0.5, 0.6) is 0 Å². The zero-order valence-corrected chi connectivity index (χ0v) is 8.88. The second-order valence-corrected chi connectivity index (χ2v) is 3.33. The summed E-state index contributed by atoms with van der Waals surface area (Å²) >= 11 is 0. The zero-order chi connectivity index (χ0) is 10.4. The SMILES string of the molecule is CCCN.Cc1cc2ccccc2[nH]1.[HH]. The minimum absolute atomic E-state index is 0. The van der Waals surface area contributed by atoms with E-state index in [9.17, 15) is 0 Å². The van der Waals surface area contributed by atoms with Gasteiger partial charge in [-0.1, -0.05) is 25.1 Å². The molecule has 0 fully saturated rings. The van der Waals surface area contributed by atoms with Crippen LogP contribution in [0.4, 0.5) is 0 Å². The van der Waals surface area contributed by atoms with E-state index in [1.54, 1.807) is 0 Å². The zero-order valence-electron chi connectivity index (χ0n) is 8.88. The van der Waals surface area contributed by atoms with E-state index in [1.165, 1.54) is 16.6 Å². The molecule has 2 heteroatoms. The van der Waals surface area contributed by atoms with Crippen molar-refractivity contribution >= 4 is 10.9 Å². The third kappa shape index (κ3) is 2.89. The second-order valence-electron chi connectivity index (χ2n) is 3.33. The van der Waals surface area contributed by atoms with E-state index in [2.05, 4.69) is 43.1 Å². The average Bonchev–Trinajstić information content (AvgIpc) is 2.58. The highest BCUT2D eigenvalue weighted by atomic mass is 14.7. The summed E-state index contributed by atoms with van der Waals surface area (Å²) in [4.78, 5) is 3.26. The molecule has 0 saturated heterocycles. The monoisotopic (exact) mass is 192 g/mol. The van der Waals surface area contributed by atoms with Crippen LogP contribution >= 0.6 is 0 Å². The lowest BCUT2D eigenvalue weighted by Gasteiger charge is -1.83. The number of H-pyrrole nitrogens is 1. The van der Waals surface area contributed by atoms with Crippen molar-refractivity contribution < 1.29 is 1.43 Å². The second kappa shape index (κ2) is 5.45. The van der Waals surface area contributed by atoms with Crippen LogP contribution in [0, 0.1) is 6.92 Å². The van der Waals surface area contributed by atoms with Gasteiger partial charge in [-0.25, -0.2) is 0 Å². The van der Waals surface area contributed by atoms with Gasteiger partial charge in [0.2, 0.25) is 0 Å². The molecule has 78 valence electrons. The van der Waals surface area contributed by atoms with Crippen LogP contribution in [0.25, 0.3) is 10.9 Å². The summed E-state index contributed by atoms with van der Waals surface area (Å²) in [7, 11) is 0. The van der Waals surface area contributed by atoms with E-state index in [1.807, 2.05) is 6.07 Å². The van der Waals surface area contributed by atoms with Gasteiger partial charge in [-0.3, -0.25) is 0 Å². The Kier molecular flexibility index (Phi) is 4.20. The number of hydrogen-bond donors (Lipinski definition) is 2. The number of benzene rings is 1. The lowest BCUT2D eigenvalue weighted by atomic mass is 10.2. The third-order valence-corrected chi connectivity index (χ3v) is 1.95. The highest BCUT2D eigenvalue weighted by Gasteiger charge is 1.92. The Bertz CT molecular complexity index is 347. The van der Waals surface area contributed by atoms with Crippen LogP contribution in [0.2, 0.25) is 0 Å². The Hall–Kier alpha value is -1.28. The van der Waals surface area contributed by atoms with E-state index in [-0.39, 0.29) is 1.43 Å². The molecule has 0 radical (unpaired) electrons. The smallest absolute Gasteiger partial charge is 0.0455 e. The molecule has 0 bridgehead atoms. The maximum absolute atomic E-state index is 5.03. The maximum Gasteiger partial charge on any atom is 0.0455 e. The first kappa shape index (κ1) is 10.8. The molecule has 1 aromatic carbocycles. The fraction of sp³-hybridized carbons (Fsp3) is 0.333. The van der Waals surface area contributed by atoms with Crippen LogP contribution < -0.4 is 5.73 Å². The van der Waals surface area contributed by atoms with Gasteiger partial charge in [-0.05, 0) is 37.4 Å². The topological polar surface area (TPSA) is 41.8 Å². The summed E-state index contributed by atoms with van der Waals surface area (Å²) in [6.07, 6.45) is 1.10. The molecule has 0 unspecified atom stereocenters. The van der Waals surface area contributed by atoms with Gasteiger partial charge in [-0.2, -0.15) is 0 Å². The van der Waals surface area contributed by atoms with Crippen LogP contribution in [-0.4, -0.2) is 11.5 Å². The Morgan fingerprint density at radius 1 is 1.36 bits per heavy atom. The van der Waals surface area contributed by atoms with E-state index < -0.39 is 0 Å². The quantitative estimate of drug-likeness (QED) is 0.716. The standard InChI is InChI=1S/C9H9N.C3H9N.H2/c1-7-6-8-4-2-3-5-9(8)10-7;1-2-3-4;/h2-6,10H,1H3;2-4H2,1H3;1H. The normalized spacial score (nSPS) is 9.64. The van der Waals surface area contributed by atoms with Crippen molar-refractivity contribution in [3.8, 4) is 0 Å². The van der Waals surface area contributed by atoms with Crippen molar-refractivity contribution in [2.45, 2.75) is 20.3 Å². The third-order valence-electron chi connectivity index (χ3n) is 1.95. The molecule has 0 atom stereocenters. The Morgan fingerprint density at radius 3 is 2.57 bits per heavy atom. The molecule has 3 N–H and O–H groups in total. The largest absolute Gasteiger partial charge is 0.359 e. The van der Waals surface area contributed by atoms with Crippen LogP contribution in [-0.2, 0) is 0 Å². The first-order valence-electron chi connectivity index (χ1n) is 5.02. The van der Waals surface area contributed by atoms with Crippen molar-refractivity contribution in [2.75, 3.05) is 6.54 Å². The van der Waals surface area contributed by atoms with Crippen LogP contribution in [0.15, 0.2) is 30.3 Å². The molecule has 0 aliphatic heterocycles. The fourth-order valence-corrected chi connectivity index (χ4v) is 1.22. The molecule has 0 aliphatic rings. The van der Waals surface area contributed by atoms with Crippen molar-refractivity contribution in [3.63, 3.8) is 0 Å². The van der Waals surface area contributed by atoms with E-state index >= 15 is 0 Å². The summed E-state index contributed by atoms with van der Waals surface area (Å²) in [5.74, 6) is 0. The molecule has 2 nitrogen and oxygen atoms in total. The molecule has 0 spiro atoms. The predicted octanol–water partition coefficient (Wildman–Crippen LogP) is 3.08. The number of aromatic nitrogens is 1. The highest BCUT2D eigenvalue weighted by Crippen LogP contribution is 2.12. The number of nitrogens with one attached hydrogen (secondary N) is 1. The number of para-hydroxylation sites is 1. The van der Waals surface area contributed by atoms with Gasteiger partial charge in [0.05, 0.1) is 0 Å². The minimum atomic E-state index is 0. The molecule has 2 rings (SSSR count). The van der Waals surface area contributed by atoms with Crippen LogP contribution in [0.3, 0.4) is 0 Å². The fourth-order valence-electron chi connectivity index (χ4n) is 1.22. The van der Waals surface area contributed by atoms with Gasteiger partial charge in [0.1, 0.15) is 0 Å². The Balaban J connectivity index is 0.000000346. The molecular weight excluding hydrogens is 172 g/mol. The summed E-state index contributed by atoms with van der Waals surface area (Å²) in [6, 6.07) is 10.4. The van der Waals surface area contributed by atoms with Gasteiger partial charge < -0.3 is 10.7 Å². The molecule has 0 amide bonds. The van der Waals surface area contributed by atoms with Crippen molar-refractivity contribution in [1.82, 2.24) is 4.98 Å². The van der Waals surface area contributed by atoms with Crippen LogP contribution in [0.1, 0.15) is 20.5 Å². The molecular formula is C12H20N2. The van der Waals surface area contributed by atoms with Crippen molar-refractivity contribution in [3.05, 3.63) is 36.0 Å². The minimum Gasteiger partial charge on any atom is -0.359 e. The molecule has 0 aliphatic carbocycles. The summed E-state index contributed by atoms with van der Waals surface area (Å²) < 4.78 is 0. The van der Waals surface area contributed by atoms with Gasteiger partial charge in [0.25, 0.3) is 0 Å². The first-order valence-corrected chi connectivity index (χ1v) is 5.02. The molecule has 2 aromatic rings. The number of aromatic amines is 1. The number of nitrogens with two attached hydrogens (primary N) is 1. The summed E-state index contributed by atoms with van der Waals surface area (Å²) in [6.45, 7) is 4.94. The average molecular weight is 192 g/mol. The Labute approximate surface area is 86.6 Å². The highest BCUT2D eigenvalue weighted by molar-refractivity contribution is 5.79. The molecule has 1 aromatic heterocycles. The Morgan fingerprint density at radius 2 is 2.00 bits per heavy atom. The number of fused-ring (bicyclic) bond motifs is 1. The van der Waals surface area contributed by atoms with Gasteiger partial charge in [0.15, 0.2) is 0 Å². The van der Waals surface area contributed by atoms with E-state index in [0.717, 1.165) is 13.0 Å². The van der Waals surface area contributed by atoms with Gasteiger partial charge >= 0.3 is 0 Å². The number of rotatable bonds is 1. The van der Waals surface area contributed by atoms with Crippen molar-refractivity contribution in [2.24, 2.45) is 5.73 Å². The molecule has 14 heavy (non-hydrogen) atoms. The lowest BCUT2D eigenvalue weighted by Crippen LogP contribution is -1.93. The summed E-state index contributed by atoms with van der Waals surface area (Å²) in [5.41, 5.74) is 7.47. The van der Waals surface area contributed by atoms with E-state index in [4.69, 9.17) is 5.73 Å². The number of aryl methyl sites for hydroxylation is 1. The first-order chi connectivity index (χ1) is 6.77. The van der Waals surface area contributed by atoms with Gasteiger partial charge in [-0.15, -0.1) is 0 Å². The maximum atomic E-state index is 5.03. The molecule has 0 saturated carbocycles. The van der Waals surface area contributed by atoms with E-state index in [0.29, 0.717) is 0 Å².